The average molecular weight is 249 g/mol. The first-order valence-electron chi connectivity index (χ1n) is 5.43. The van der Waals surface area contributed by atoms with Crippen molar-refractivity contribution in [3.8, 4) is 0 Å². The molecule has 5 heteroatoms. The summed E-state index contributed by atoms with van der Waals surface area (Å²) in [6.07, 6.45) is -0.0553. The van der Waals surface area contributed by atoms with Crippen LogP contribution in [0.4, 0.5) is 10.5 Å². The highest BCUT2D eigenvalue weighted by Gasteiger charge is 2.10. The van der Waals surface area contributed by atoms with E-state index in [-0.39, 0.29) is 6.61 Å². The third-order valence-corrected chi connectivity index (χ3v) is 1.95. The van der Waals surface area contributed by atoms with E-state index in [2.05, 4.69) is 11.9 Å². The third kappa shape index (κ3) is 5.16. The molecule has 1 unspecified atom stereocenters. The summed E-state index contributed by atoms with van der Waals surface area (Å²) >= 11 is 0. The van der Waals surface area contributed by atoms with Crippen molar-refractivity contribution in [3.05, 3.63) is 43.0 Å². The summed E-state index contributed by atoms with van der Waals surface area (Å²) in [5.41, 5.74) is 0.637. The number of rotatable bonds is 5. The standard InChI is InChI=1S/C13H15NO4/c1-3-12(15)18-10(2)9-17-13(16)14-11-7-5-4-6-8-11/h3-8,10H,1,9H2,2H3,(H,14,16). The number of carbonyl (C=O) groups is 2. The van der Waals surface area contributed by atoms with Crippen LogP contribution in [0.5, 0.6) is 0 Å². The number of nitrogens with one attached hydrogen (secondary N) is 1. The molecule has 0 fully saturated rings. The highest BCUT2D eigenvalue weighted by Crippen LogP contribution is 2.05. The lowest BCUT2D eigenvalue weighted by Crippen LogP contribution is -2.23. The van der Waals surface area contributed by atoms with E-state index in [1.165, 1.54) is 0 Å². The van der Waals surface area contributed by atoms with Gasteiger partial charge in [-0.05, 0) is 19.1 Å². The number of hydrogen-bond donors (Lipinski definition) is 1. The van der Waals surface area contributed by atoms with Crippen LogP contribution in [-0.4, -0.2) is 24.8 Å². The van der Waals surface area contributed by atoms with Gasteiger partial charge in [-0.3, -0.25) is 5.32 Å². The van der Waals surface area contributed by atoms with Gasteiger partial charge in [0.15, 0.2) is 0 Å². The second-order valence-corrected chi connectivity index (χ2v) is 3.54. The number of hydrogen-bond acceptors (Lipinski definition) is 4. The van der Waals surface area contributed by atoms with Crippen molar-refractivity contribution < 1.29 is 19.1 Å². The Morgan fingerprint density at radius 3 is 2.67 bits per heavy atom. The molecule has 0 saturated carbocycles. The van der Waals surface area contributed by atoms with Crippen LogP contribution in [0.2, 0.25) is 0 Å². The molecule has 1 amide bonds. The van der Waals surface area contributed by atoms with E-state index in [1.54, 1.807) is 31.2 Å². The maximum atomic E-state index is 11.4. The zero-order valence-corrected chi connectivity index (χ0v) is 10.1. The molecular weight excluding hydrogens is 234 g/mol. The van der Waals surface area contributed by atoms with Crippen LogP contribution in [0.1, 0.15) is 6.92 Å². The molecule has 0 aromatic heterocycles. The molecule has 0 radical (unpaired) electrons. The normalized spacial score (nSPS) is 11.2. The van der Waals surface area contributed by atoms with Gasteiger partial charge in [0.05, 0.1) is 0 Å². The number of anilines is 1. The molecule has 0 saturated heterocycles. The first-order chi connectivity index (χ1) is 8.61. The molecule has 1 aromatic carbocycles. The smallest absolute Gasteiger partial charge is 0.411 e. The van der Waals surface area contributed by atoms with Crippen molar-refractivity contribution in [2.75, 3.05) is 11.9 Å². The SMILES string of the molecule is C=CC(=O)OC(C)COC(=O)Nc1ccccc1. The van der Waals surface area contributed by atoms with E-state index in [1.807, 2.05) is 6.07 Å². The van der Waals surface area contributed by atoms with Gasteiger partial charge in [0.25, 0.3) is 0 Å². The average Bonchev–Trinajstić information content (AvgIpc) is 2.37. The monoisotopic (exact) mass is 249 g/mol. The predicted octanol–water partition coefficient (Wildman–Crippen LogP) is 2.35. The van der Waals surface area contributed by atoms with Crippen LogP contribution in [0, 0.1) is 0 Å². The Morgan fingerprint density at radius 2 is 2.06 bits per heavy atom. The fourth-order valence-corrected chi connectivity index (χ4v) is 1.15. The molecule has 5 nitrogen and oxygen atoms in total. The van der Waals surface area contributed by atoms with Crippen molar-refractivity contribution >= 4 is 17.7 Å². The number of carbonyl (C=O) groups excluding carboxylic acids is 2. The number of para-hydroxylation sites is 1. The lowest BCUT2D eigenvalue weighted by atomic mass is 10.3. The molecule has 0 spiro atoms. The number of esters is 1. The highest BCUT2D eigenvalue weighted by molar-refractivity contribution is 5.84. The van der Waals surface area contributed by atoms with E-state index in [9.17, 15) is 9.59 Å². The van der Waals surface area contributed by atoms with Crippen molar-refractivity contribution in [2.24, 2.45) is 0 Å². The molecule has 18 heavy (non-hydrogen) atoms. The summed E-state index contributed by atoms with van der Waals surface area (Å²) in [5.74, 6) is -0.547. The molecule has 1 rings (SSSR count). The summed E-state index contributed by atoms with van der Waals surface area (Å²) in [6, 6.07) is 8.91. The Morgan fingerprint density at radius 1 is 1.39 bits per heavy atom. The van der Waals surface area contributed by atoms with Crippen molar-refractivity contribution in [3.63, 3.8) is 0 Å². The zero-order valence-electron chi connectivity index (χ0n) is 10.1. The highest BCUT2D eigenvalue weighted by atomic mass is 16.6. The minimum absolute atomic E-state index is 0.0156. The number of amides is 1. The molecule has 0 aliphatic heterocycles. The maximum absolute atomic E-state index is 11.4. The summed E-state index contributed by atoms with van der Waals surface area (Å²) in [4.78, 5) is 22.2. The minimum atomic E-state index is -0.595. The minimum Gasteiger partial charge on any atom is -0.456 e. The van der Waals surface area contributed by atoms with Gasteiger partial charge in [-0.2, -0.15) is 0 Å². The van der Waals surface area contributed by atoms with Crippen LogP contribution in [0.3, 0.4) is 0 Å². The van der Waals surface area contributed by atoms with Gasteiger partial charge < -0.3 is 9.47 Å². The van der Waals surface area contributed by atoms with E-state index < -0.39 is 18.2 Å². The lowest BCUT2D eigenvalue weighted by Gasteiger charge is -2.12. The van der Waals surface area contributed by atoms with Crippen LogP contribution < -0.4 is 5.32 Å². The van der Waals surface area contributed by atoms with Crippen molar-refractivity contribution in [2.45, 2.75) is 13.0 Å². The third-order valence-electron chi connectivity index (χ3n) is 1.95. The van der Waals surface area contributed by atoms with Gasteiger partial charge in [0, 0.05) is 11.8 Å². The summed E-state index contributed by atoms with van der Waals surface area (Å²) in [5, 5.41) is 2.54. The van der Waals surface area contributed by atoms with Gasteiger partial charge in [-0.25, -0.2) is 9.59 Å². The Balaban J connectivity index is 2.29. The number of ether oxygens (including phenoxy) is 2. The Labute approximate surface area is 105 Å². The van der Waals surface area contributed by atoms with Crippen molar-refractivity contribution in [1.29, 1.82) is 0 Å². The van der Waals surface area contributed by atoms with Gasteiger partial charge in [0.2, 0.25) is 0 Å². The Kier molecular flexibility index (Phi) is 5.44. The Bertz CT molecular complexity index is 416. The molecule has 0 bridgehead atoms. The maximum Gasteiger partial charge on any atom is 0.411 e. The second kappa shape index (κ2) is 7.11. The molecule has 0 aliphatic rings. The van der Waals surface area contributed by atoms with Gasteiger partial charge in [-0.15, -0.1) is 0 Å². The summed E-state index contributed by atoms with van der Waals surface area (Å²) in [7, 11) is 0. The van der Waals surface area contributed by atoms with Gasteiger partial charge in [-0.1, -0.05) is 24.8 Å². The fourth-order valence-electron chi connectivity index (χ4n) is 1.15. The van der Waals surface area contributed by atoms with E-state index >= 15 is 0 Å². The number of benzene rings is 1. The van der Waals surface area contributed by atoms with E-state index in [4.69, 9.17) is 9.47 Å². The Hall–Kier alpha value is -2.30. The molecular formula is C13H15NO4. The first-order valence-corrected chi connectivity index (χ1v) is 5.43. The fraction of sp³-hybridized carbons (Fsp3) is 0.231. The van der Waals surface area contributed by atoms with E-state index in [0.29, 0.717) is 5.69 Å². The predicted molar refractivity (Wildman–Crippen MR) is 67.2 cm³/mol. The quantitative estimate of drug-likeness (QED) is 0.642. The van der Waals surface area contributed by atoms with Crippen LogP contribution in [-0.2, 0) is 14.3 Å². The first kappa shape index (κ1) is 13.8. The topological polar surface area (TPSA) is 64.6 Å². The molecule has 0 aliphatic carbocycles. The lowest BCUT2D eigenvalue weighted by molar-refractivity contribution is -0.143. The molecule has 96 valence electrons. The van der Waals surface area contributed by atoms with Crippen LogP contribution in [0.15, 0.2) is 43.0 Å². The molecule has 0 heterocycles. The molecule has 1 atom stereocenters. The van der Waals surface area contributed by atoms with Crippen molar-refractivity contribution in [1.82, 2.24) is 0 Å². The largest absolute Gasteiger partial charge is 0.456 e. The van der Waals surface area contributed by atoms with Crippen LogP contribution >= 0.6 is 0 Å². The zero-order chi connectivity index (χ0) is 13.4. The summed E-state index contributed by atoms with van der Waals surface area (Å²) in [6.45, 7) is 4.88. The molecule has 1 aromatic rings. The van der Waals surface area contributed by atoms with Gasteiger partial charge >= 0.3 is 12.1 Å². The van der Waals surface area contributed by atoms with Crippen LogP contribution in [0.25, 0.3) is 0 Å². The van der Waals surface area contributed by atoms with E-state index in [0.717, 1.165) is 6.08 Å². The van der Waals surface area contributed by atoms with Gasteiger partial charge in [0.1, 0.15) is 12.7 Å². The summed E-state index contributed by atoms with van der Waals surface area (Å²) < 4.78 is 9.73. The molecule has 1 N–H and O–H groups in total. The second-order valence-electron chi connectivity index (χ2n) is 3.54.